The Balaban J connectivity index is 1.93. The number of rotatable bonds is 3. The van der Waals surface area contributed by atoms with Gasteiger partial charge in [-0.3, -0.25) is 5.10 Å². The van der Waals surface area contributed by atoms with Gasteiger partial charge in [0.25, 0.3) is 0 Å². The second kappa shape index (κ2) is 3.21. The number of hydrogen-bond donors (Lipinski definition) is 2. The summed E-state index contributed by atoms with van der Waals surface area (Å²) in [6, 6.07) is 1.80. The minimum atomic E-state index is 0.506. The van der Waals surface area contributed by atoms with Crippen molar-refractivity contribution in [2.24, 2.45) is 0 Å². The molecule has 0 saturated heterocycles. The van der Waals surface area contributed by atoms with Gasteiger partial charge < -0.3 is 5.73 Å². The van der Waals surface area contributed by atoms with Crippen LogP contribution in [0.1, 0.15) is 5.69 Å². The van der Waals surface area contributed by atoms with E-state index < -0.39 is 0 Å². The molecule has 0 aliphatic rings. The summed E-state index contributed by atoms with van der Waals surface area (Å²) < 4.78 is 1.65. The van der Waals surface area contributed by atoms with Crippen LogP contribution in [0.2, 0.25) is 0 Å². The van der Waals surface area contributed by atoms with E-state index in [0.29, 0.717) is 12.4 Å². The Hall–Kier alpha value is -1.92. The zero-order valence-corrected chi connectivity index (χ0v) is 6.88. The third-order valence-corrected chi connectivity index (χ3v) is 1.65. The zero-order chi connectivity index (χ0) is 9.10. The maximum atomic E-state index is 5.44. The van der Waals surface area contributed by atoms with Crippen LogP contribution >= 0.6 is 0 Å². The lowest BCUT2D eigenvalue weighted by Gasteiger charge is -1.95. The van der Waals surface area contributed by atoms with Crippen molar-refractivity contribution in [1.82, 2.24) is 30.4 Å². The predicted octanol–water partition coefficient (Wildman–Crippen LogP) is -0.779. The van der Waals surface area contributed by atoms with E-state index in [-0.39, 0.29) is 0 Å². The van der Waals surface area contributed by atoms with E-state index in [9.17, 15) is 0 Å². The normalized spacial score (nSPS) is 10.5. The molecule has 0 aliphatic heterocycles. The van der Waals surface area contributed by atoms with E-state index in [4.69, 9.17) is 5.73 Å². The number of nitrogens with zero attached hydrogens (tertiary/aromatic N) is 5. The van der Waals surface area contributed by atoms with Crippen LogP contribution in [0.5, 0.6) is 0 Å². The summed E-state index contributed by atoms with van der Waals surface area (Å²) in [6.07, 6.45) is 2.36. The van der Waals surface area contributed by atoms with E-state index in [1.54, 1.807) is 17.1 Å². The molecule has 2 aromatic heterocycles. The molecule has 0 radical (unpaired) electrons. The smallest absolute Gasteiger partial charge is 0.145 e. The molecule has 0 fully saturated rings. The molecule has 7 heteroatoms. The molecular formula is C6H9N7. The second-order valence-corrected chi connectivity index (χ2v) is 2.64. The van der Waals surface area contributed by atoms with Gasteiger partial charge in [0.2, 0.25) is 0 Å². The third-order valence-electron chi connectivity index (χ3n) is 1.65. The molecule has 3 N–H and O–H groups in total. The highest BCUT2D eigenvalue weighted by atomic mass is 15.5. The van der Waals surface area contributed by atoms with E-state index >= 15 is 0 Å². The largest absolute Gasteiger partial charge is 0.382 e. The van der Waals surface area contributed by atoms with Crippen molar-refractivity contribution >= 4 is 5.82 Å². The summed E-state index contributed by atoms with van der Waals surface area (Å²) in [6.45, 7) is 0.717. The maximum Gasteiger partial charge on any atom is 0.145 e. The Morgan fingerprint density at radius 3 is 3.08 bits per heavy atom. The van der Waals surface area contributed by atoms with Crippen molar-refractivity contribution in [3.05, 3.63) is 18.1 Å². The van der Waals surface area contributed by atoms with Crippen LogP contribution in [0, 0.1) is 0 Å². The predicted molar refractivity (Wildman–Crippen MR) is 44.5 cm³/mol. The molecule has 0 bridgehead atoms. The minimum absolute atomic E-state index is 0.506. The standard InChI is InChI=1S/C6H9N7/c7-6-3-5(9-10-6)1-2-13-4-8-11-12-13/h3-4H,1-2H2,(H3,7,9,10). The first-order valence-electron chi connectivity index (χ1n) is 3.85. The quantitative estimate of drug-likeness (QED) is 0.644. The number of aromatic amines is 1. The number of tetrazole rings is 1. The Labute approximate surface area is 73.9 Å². The van der Waals surface area contributed by atoms with Gasteiger partial charge in [-0.05, 0) is 10.4 Å². The summed E-state index contributed by atoms with van der Waals surface area (Å²) in [5, 5.41) is 17.4. The molecule has 0 amide bonds. The average Bonchev–Trinajstić information content (AvgIpc) is 2.71. The Bertz CT molecular complexity index is 362. The fraction of sp³-hybridized carbons (Fsp3) is 0.333. The van der Waals surface area contributed by atoms with E-state index in [1.165, 1.54) is 0 Å². The number of aromatic nitrogens is 6. The van der Waals surface area contributed by atoms with Gasteiger partial charge in [-0.25, -0.2) is 4.68 Å². The van der Waals surface area contributed by atoms with Gasteiger partial charge in [-0.1, -0.05) is 0 Å². The zero-order valence-electron chi connectivity index (χ0n) is 6.88. The summed E-state index contributed by atoms with van der Waals surface area (Å²) in [7, 11) is 0. The van der Waals surface area contributed by atoms with Crippen LogP contribution in [0.15, 0.2) is 12.4 Å². The average molecular weight is 179 g/mol. The van der Waals surface area contributed by atoms with Gasteiger partial charge in [-0.2, -0.15) is 5.10 Å². The molecule has 2 aromatic rings. The lowest BCUT2D eigenvalue weighted by molar-refractivity contribution is 0.583. The fourth-order valence-electron chi connectivity index (χ4n) is 1.03. The first-order valence-corrected chi connectivity index (χ1v) is 3.85. The summed E-state index contributed by atoms with van der Waals surface area (Å²) in [5.74, 6) is 0.506. The van der Waals surface area contributed by atoms with E-state index in [0.717, 1.165) is 12.1 Å². The molecule has 0 atom stereocenters. The highest BCUT2D eigenvalue weighted by Gasteiger charge is 1.98. The van der Waals surface area contributed by atoms with Gasteiger partial charge >= 0.3 is 0 Å². The topological polar surface area (TPSA) is 98.3 Å². The molecule has 2 rings (SSSR count). The van der Waals surface area contributed by atoms with Gasteiger partial charge in [0.15, 0.2) is 0 Å². The van der Waals surface area contributed by atoms with Crippen molar-refractivity contribution in [2.45, 2.75) is 13.0 Å². The number of nitrogen functional groups attached to an aromatic ring is 1. The molecule has 13 heavy (non-hydrogen) atoms. The number of anilines is 1. The monoisotopic (exact) mass is 179 g/mol. The molecule has 0 aromatic carbocycles. The number of nitrogens with two attached hydrogens (primary N) is 1. The number of aryl methyl sites for hydroxylation is 2. The van der Waals surface area contributed by atoms with E-state index in [2.05, 4.69) is 25.7 Å². The molecule has 0 aliphatic carbocycles. The van der Waals surface area contributed by atoms with Crippen LogP contribution in [0.25, 0.3) is 0 Å². The van der Waals surface area contributed by atoms with Crippen LogP contribution < -0.4 is 5.73 Å². The summed E-state index contributed by atoms with van der Waals surface area (Å²) in [4.78, 5) is 0. The lowest BCUT2D eigenvalue weighted by atomic mass is 10.3. The van der Waals surface area contributed by atoms with Gasteiger partial charge in [0, 0.05) is 18.2 Å². The van der Waals surface area contributed by atoms with E-state index in [1.807, 2.05) is 0 Å². The maximum absolute atomic E-state index is 5.44. The minimum Gasteiger partial charge on any atom is -0.382 e. The Morgan fingerprint density at radius 1 is 1.54 bits per heavy atom. The highest BCUT2D eigenvalue weighted by molar-refractivity contribution is 5.28. The molecule has 0 spiro atoms. The van der Waals surface area contributed by atoms with Crippen LogP contribution in [0.4, 0.5) is 5.82 Å². The van der Waals surface area contributed by atoms with Crippen molar-refractivity contribution in [2.75, 3.05) is 5.73 Å². The van der Waals surface area contributed by atoms with Gasteiger partial charge in [-0.15, -0.1) is 5.10 Å². The molecule has 2 heterocycles. The Morgan fingerprint density at radius 2 is 2.46 bits per heavy atom. The number of nitrogens with one attached hydrogen (secondary N) is 1. The fourth-order valence-corrected chi connectivity index (χ4v) is 1.03. The Kier molecular flexibility index (Phi) is 1.91. The summed E-state index contributed by atoms with van der Waals surface area (Å²) in [5.41, 5.74) is 6.42. The molecule has 0 unspecified atom stereocenters. The summed E-state index contributed by atoms with van der Waals surface area (Å²) >= 11 is 0. The van der Waals surface area contributed by atoms with Gasteiger partial charge in [0.05, 0.1) is 6.54 Å². The third kappa shape index (κ3) is 1.81. The molecular weight excluding hydrogens is 170 g/mol. The number of hydrogen-bond acceptors (Lipinski definition) is 5. The van der Waals surface area contributed by atoms with Crippen molar-refractivity contribution < 1.29 is 0 Å². The highest BCUT2D eigenvalue weighted by Crippen LogP contribution is 2.01. The molecule has 0 saturated carbocycles. The van der Waals surface area contributed by atoms with Crippen molar-refractivity contribution in [1.29, 1.82) is 0 Å². The first kappa shape index (κ1) is 7.71. The lowest BCUT2D eigenvalue weighted by Crippen LogP contribution is -2.02. The SMILES string of the molecule is Nc1cc(CCn2cnnn2)[nH]n1. The molecule has 68 valence electrons. The first-order chi connectivity index (χ1) is 6.34. The molecule has 7 nitrogen and oxygen atoms in total. The number of H-pyrrole nitrogens is 1. The van der Waals surface area contributed by atoms with Crippen molar-refractivity contribution in [3.8, 4) is 0 Å². The van der Waals surface area contributed by atoms with Crippen LogP contribution in [0.3, 0.4) is 0 Å². The van der Waals surface area contributed by atoms with Crippen molar-refractivity contribution in [3.63, 3.8) is 0 Å². The second-order valence-electron chi connectivity index (χ2n) is 2.64. The van der Waals surface area contributed by atoms with Crippen LogP contribution in [-0.4, -0.2) is 30.4 Å². The van der Waals surface area contributed by atoms with Crippen LogP contribution in [-0.2, 0) is 13.0 Å². The van der Waals surface area contributed by atoms with Gasteiger partial charge in [0.1, 0.15) is 12.1 Å².